The Morgan fingerprint density at radius 3 is 2.57 bits per heavy atom. The largest absolute Gasteiger partial charge is 0.412 e. The van der Waals surface area contributed by atoms with Crippen molar-refractivity contribution in [3.63, 3.8) is 0 Å². The Morgan fingerprint density at radius 1 is 1.27 bits per heavy atom. The molecule has 2 aliphatic heterocycles. The number of amides is 1. The van der Waals surface area contributed by atoms with Gasteiger partial charge in [0.05, 0.1) is 0 Å². The zero-order chi connectivity index (χ0) is 21.9. The van der Waals surface area contributed by atoms with Crippen molar-refractivity contribution in [1.29, 1.82) is 0 Å². The molecule has 9 heteroatoms. The van der Waals surface area contributed by atoms with Crippen LogP contribution in [-0.2, 0) is 4.79 Å². The number of rotatable bonds is 5. The van der Waals surface area contributed by atoms with Gasteiger partial charge in [-0.05, 0) is 30.9 Å². The molecular weight excluding hydrogens is 405 g/mol. The number of halogens is 5. The van der Waals surface area contributed by atoms with E-state index in [4.69, 9.17) is 0 Å². The summed E-state index contributed by atoms with van der Waals surface area (Å²) in [5.74, 6) is -3.16. The fourth-order valence-corrected chi connectivity index (χ4v) is 4.24. The zero-order valence-corrected chi connectivity index (χ0v) is 17.0. The van der Waals surface area contributed by atoms with E-state index in [1.807, 2.05) is 6.08 Å². The van der Waals surface area contributed by atoms with Crippen molar-refractivity contribution >= 4 is 5.91 Å². The summed E-state index contributed by atoms with van der Waals surface area (Å²) >= 11 is 0. The fraction of sp³-hybridized carbons (Fsp3) is 0.667. The number of likely N-dealkylation sites (N-methyl/N-ethyl adjacent to an activating group) is 1. The van der Waals surface area contributed by atoms with Gasteiger partial charge in [0.15, 0.2) is 0 Å². The van der Waals surface area contributed by atoms with Gasteiger partial charge < -0.3 is 10.2 Å². The number of nitrogens with one attached hydrogen (secondary N) is 1. The first-order valence-corrected chi connectivity index (χ1v) is 10.3. The average Bonchev–Trinajstić information content (AvgIpc) is 2.68. The van der Waals surface area contributed by atoms with Crippen molar-refractivity contribution in [2.75, 3.05) is 33.2 Å². The molecule has 3 rings (SSSR count). The molecule has 0 saturated heterocycles. The van der Waals surface area contributed by atoms with Gasteiger partial charge in [-0.15, -0.1) is 0 Å². The normalized spacial score (nSPS) is 25.7. The Morgan fingerprint density at radius 2 is 1.97 bits per heavy atom. The van der Waals surface area contributed by atoms with Crippen molar-refractivity contribution in [1.82, 2.24) is 15.1 Å². The summed E-state index contributed by atoms with van der Waals surface area (Å²) in [4.78, 5) is 15.5. The van der Waals surface area contributed by atoms with Crippen LogP contribution in [0.25, 0.3) is 0 Å². The molecule has 1 unspecified atom stereocenters. The maximum atomic E-state index is 13.2. The van der Waals surface area contributed by atoms with Gasteiger partial charge in [-0.2, -0.15) is 13.2 Å². The van der Waals surface area contributed by atoms with Crippen molar-refractivity contribution in [3.8, 4) is 0 Å². The van der Waals surface area contributed by atoms with Crippen LogP contribution >= 0.6 is 0 Å². The maximum Gasteiger partial charge on any atom is 0.412 e. The lowest BCUT2D eigenvalue weighted by Gasteiger charge is -2.36. The van der Waals surface area contributed by atoms with Crippen LogP contribution in [0.15, 0.2) is 35.6 Å². The van der Waals surface area contributed by atoms with Crippen LogP contribution in [-0.4, -0.2) is 67.1 Å². The minimum absolute atomic E-state index is 0.169. The van der Waals surface area contributed by atoms with Crippen LogP contribution in [0.4, 0.5) is 22.0 Å². The van der Waals surface area contributed by atoms with Crippen molar-refractivity contribution < 1.29 is 26.7 Å². The molecule has 0 radical (unpaired) electrons. The van der Waals surface area contributed by atoms with Crippen LogP contribution in [0, 0.1) is 5.92 Å². The third-order valence-electron chi connectivity index (χ3n) is 6.12. The van der Waals surface area contributed by atoms with Crippen LogP contribution < -0.4 is 5.32 Å². The molecule has 1 saturated carbocycles. The molecule has 1 aliphatic carbocycles. The lowest BCUT2D eigenvalue weighted by atomic mass is 9.86. The monoisotopic (exact) mass is 433 g/mol. The van der Waals surface area contributed by atoms with Gasteiger partial charge in [-0.3, -0.25) is 9.69 Å². The smallest absolute Gasteiger partial charge is 0.360 e. The van der Waals surface area contributed by atoms with Gasteiger partial charge in [0.1, 0.15) is 6.04 Å². The van der Waals surface area contributed by atoms with Crippen molar-refractivity contribution in [2.24, 2.45) is 5.92 Å². The predicted octanol–water partition coefficient (Wildman–Crippen LogP) is 3.88. The van der Waals surface area contributed by atoms with Gasteiger partial charge >= 0.3 is 6.18 Å². The molecule has 168 valence electrons. The molecule has 30 heavy (non-hydrogen) atoms. The molecule has 1 N–H and O–H groups in total. The minimum Gasteiger partial charge on any atom is -0.360 e. The van der Waals surface area contributed by atoms with E-state index in [1.165, 1.54) is 18.0 Å². The SMILES string of the molecule is CN1C(C2=CCN(CCNC(=O)C3CCC(F)(F)CC3)CC2)=CC=CC1C(F)(F)F. The van der Waals surface area contributed by atoms with E-state index >= 15 is 0 Å². The Kier molecular flexibility index (Phi) is 6.89. The Labute approximate surface area is 173 Å². The molecule has 0 aromatic rings. The molecule has 0 aromatic heterocycles. The van der Waals surface area contributed by atoms with Gasteiger partial charge in [0.2, 0.25) is 11.8 Å². The first-order chi connectivity index (χ1) is 14.1. The second-order valence-electron chi connectivity index (χ2n) is 8.24. The van der Waals surface area contributed by atoms with Gasteiger partial charge in [0, 0.05) is 57.7 Å². The van der Waals surface area contributed by atoms with E-state index in [9.17, 15) is 26.7 Å². The summed E-state index contributed by atoms with van der Waals surface area (Å²) in [6, 6.07) is -1.62. The second kappa shape index (κ2) is 9.08. The van der Waals surface area contributed by atoms with E-state index in [0.717, 1.165) is 11.6 Å². The van der Waals surface area contributed by atoms with E-state index < -0.39 is 18.1 Å². The van der Waals surface area contributed by atoms with Crippen molar-refractivity contribution in [3.05, 3.63) is 35.6 Å². The number of hydrogen-bond acceptors (Lipinski definition) is 3. The molecule has 0 spiro atoms. The summed E-state index contributed by atoms with van der Waals surface area (Å²) < 4.78 is 65.8. The topological polar surface area (TPSA) is 35.6 Å². The standard InChI is InChI=1S/C21H28F5N3O/c1-28-17(3-2-4-18(28)21(24,25)26)15-7-12-29(13-8-15)14-11-27-19(30)16-5-9-20(22,23)10-6-16/h2-4,7,16,18H,5-6,8-14H2,1H3,(H,27,30). The fourth-order valence-electron chi connectivity index (χ4n) is 4.24. The number of carbonyl (C=O) groups is 1. The highest BCUT2D eigenvalue weighted by molar-refractivity contribution is 5.78. The molecule has 1 fully saturated rings. The van der Waals surface area contributed by atoms with Gasteiger partial charge in [0.25, 0.3) is 0 Å². The predicted molar refractivity (Wildman–Crippen MR) is 104 cm³/mol. The lowest BCUT2D eigenvalue weighted by Crippen LogP contribution is -2.44. The van der Waals surface area contributed by atoms with Gasteiger partial charge in [-0.25, -0.2) is 8.78 Å². The third kappa shape index (κ3) is 5.62. The second-order valence-corrected chi connectivity index (χ2v) is 8.24. The summed E-state index contributed by atoms with van der Waals surface area (Å²) in [7, 11) is 1.46. The molecule has 1 atom stereocenters. The third-order valence-corrected chi connectivity index (χ3v) is 6.12. The zero-order valence-electron chi connectivity index (χ0n) is 17.0. The van der Waals surface area contributed by atoms with E-state index in [2.05, 4.69) is 10.2 Å². The van der Waals surface area contributed by atoms with E-state index in [0.29, 0.717) is 38.3 Å². The Hall–Kier alpha value is -1.90. The maximum absolute atomic E-state index is 13.2. The van der Waals surface area contributed by atoms with Crippen molar-refractivity contribution in [2.45, 2.75) is 50.2 Å². The molecule has 3 aliphatic rings. The van der Waals surface area contributed by atoms with Crippen LogP contribution in [0.2, 0.25) is 0 Å². The molecule has 0 aromatic carbocycles. The number of alkyl halides is 5. The number of allylic oxidation sites excluding steroid dienone is 3. The minimum atomic E-state index is -4.32. The lowest BCUT2D eigenvalue weighted by molar-refractivity contribution is -0.162. The summed E-state index contributed by atoms with van der Waals surface area (Å²) in [6.07, 6.45) is 2.50. The summed E-state index contributed by atoms with van der Waals surface area (Å²) in [5, 5.41) is 2.83. The molecule has 0 bridgehead atoms. The molecule has 1 amide bonds. The highest BCUT2D eigenvalue weighted by atomic mass is 19.4. The first kappa shape index (κ1) is 22.8. The average molecular weight is 433 g/mol. The Bertz CT molecular complexity index is 719. The number of nitrogens with zero attached hydrogens (tertiary/aromatic N) is 2. The first-order valence-electron chi connectivity index (χ1n) is 10.3. The number of carbonyl (C=O) groups excluding carboxylic acids is 1. The Balaban J connectivity index is 1.44. The molecule has 2 heterocycles. The van der Waals surface area contributed by atoms with Gasteiger partial charge in [-0.1, -0.05) is 18.2 Å². The molecular formula is C21H28F5N3O. The summed E-state index contributed by atoms with van der Waals surface area (Å²) in [6.45, 7) is 2.31. The molecule has 4 nitrogen and oxygen atoms in total. The van der Waals surface area contributed by atoms with Crippen LogP contribution in [0.1, 0.15) is 32.1 Å². The van der Waals surface area contributed by atoms with E-state index in [1.54, 1.807) is 6.08 Å². The summed E-state index contributed by atoms with van der Waals surface area (Å²) in [5.41, 5.74) is 1.47. The highest BCUT2D eigenvalue weighted by Crippen LogP contribution is 2.36. The highest BCUT2D eigenvalue weighted by Gasteiger charge is 2.42. The quantitative estimate of drug-likeness (QED) is 0.669. The van der Waals surface area contributed by atoms with E-state index in [-0.39, 0.29) is 37.5 Å². The van der Waals surface area contributed by atoms with Crippen LogP contribution in [0.5, 0.6) is 0 Å². The van der Waals surface area contributed by atoms with Crippen LogP contribution in [0.3, 0.4) is 0 Å². The number of hydrogen-bond donors (Lipinski definition) is 1.